The van der Waals surface area contributed by atoms with Crippen molar-refractivity contribution >= 4 is 29.1 Å². The van der Waals surface area contributed by atoms with Crippen molar-refractivity contribution in [3.63, 3.8) is 0 Å². The lowest BCUT2D eigenvalue weighted by atomic mass is 10.1. The summed E-state index contributed by atoms with van der Waals surface area (Å²) in [4.78, 5) is 25.9. The highest BCUT2D eigenvalue weighted by atomic mass is 32.2. The number of ketones is 1. The number of nitrogens with zero attached hydrogens (tertiary/aromatic N) is 3. The van der Waals surface area contributed by atoms with E-state index in [4.69, 9.17) is 4.42 Å². The first-order chi connectivity index (χ1) is 13.4. The van der Waals surface area contributed by atoms with Crippen LogP contribution in [0.25, 0.3) is 11.5 Å². The molecule has 0 unspecified atom stereocenters. The molecular weight excluding hydrogens is 374 g/mol. The summed E-state index contributed by atoms with van der Waals surface area (Å²) in [6, 6.07) is 11.3. The molecule has 6 nitrogen and oxygen atoms in total. The number of rotatable bonds is 5. The lowest BCUT2D eigenvalue weighted by Gasteiger charge is -2.10. The van der Waals surface area contributed by atoms with E-state index in [0.29, 0.717) is 23.1 Å². The van der Waals surface area contributed by atoms with Crippen molar-refractivity contribution in [2.75, 3.05) is 17.7 Å². The van der Waals surface area contributed by atoms with Gasteiger partial charge in [0.15, 0.2) is 5.78 Å². The van der Waals surface area contributed by atoms with Crippen LogP contribution in [0, 0.1) is 13.8 Å². The minimum absolute atomic E-state index is 0.0405. The second-order valence-electron chi connectivity index (χ2n) is 6.86. The van der Waals surface area contributed by atoms with Gasteiger partial charge in [-0.2, -0.15) is 0 Å². The maximum atomic E-state index is 12.5. The van der Waals surface area contributed by atoms with E-state index in [1.807, 2.05) is 38.1 Å². The summed E-state index contributed by atoms with van der Waals surface area (Å²) in [5.74, 6) is 0.633. The van der Waals surface area contributed by atoms with Crippen molar-refractivity contribution in [3.8, 4) is 11.5 Å². The van der Waals surface area contributed by atoms with E-state index in [1.54, 1.807) is 24.1 Å². The van der Waals surface area contributed by atoms with Crippen LogP contribution in [-0.2, 0) is 11.2 Å². The third kappa shape index (κ3) is 3.45. The van der Waals surface area contributed by atoms with Crippen molar-refractivity contribution in [2.45, 2.75) is 25.5 Å². The summed E-state index contributed by atoms with van der Waals surface area (Å²) in [5, 5.41) is 8.47. The van der Waals surface area contributed by atoms with Gasteiger partial charge in [0.25, 0.3) is 5.22 Å². The first kappa shape index (κ1) is 18.4. The third-order valence-electron chi connectivity index (χ3n) is 4.97. The summed E-state index contributed by atoms with van der Waals surface area (Å²) >= 11 is 1.21. The Morgan fingerprint density at radius 1 is 1.14 bits per heavy atom. The topological polar surface area (TPSA) is 76.3 Å². The summed E-state index contributed by atoms with van der Waals surface area (Å²) in [5.41, 5.74) is 5.55. The highest BCUT2D eigenvalue weighted by molar-refractivity contribution is 7.99. The molecule has 0 spiro atoms. The number of benzene rings is 2. The number of hydrogen-bond acceptors (Lipinski definition) is 6. The van der Waals surface area contributed by atoms with E-state index in [1.165, 1.54) is 17.3 Å². The van der Waals surface area contributed by atoms with Gasteiger partial charge in [-0.1, -0.05) is 17.8 Å². The molecule has 3 aromatic rings. The molecule has 0 bridgehead atoms. The summed E-state index contributed by atoms with van der Waals surface area (Å²) in [6.07, 6.45) is 0.336. The van der Waals surface area contributed by atoms with E-state index in [9.17, 15) is 9.59 Å². The lowest BCUT2D eigenvalue weighted by molar-refractivity contribution is -0.117. The van der Waals surface area contributed by atoms with Gasteiger partial charge >= 0.3 is 0 Å². The number of anilines is 1. The predicted octanol–water partition coefficient (Wildman–Crippen LogP) is 3.85. The zero-order valence-electron chi connectivity index (χ0n) is 15.9. The van der Waals surface area contributed by atoms with Crippen LogP contribution in [0.5, 0.6) is 0 Å². The molecule has 28 heavy (non-hydrogen) atoms. The van der Waals surface area contributed by atoms with Crippen molar-refractivity contribution in [1.82, 2.24) is 10.2 Å². The fourth-order valence-corrected chi connectivity index (χ4v) is 3.77. The number of amides is 1. The molecule has 2 aromatic carbocycles. The van der Waals surface area contributed by atoms with Crippen LogP contribution >= 0.6 is 11.8 Å². The molecule has 0 atom stereocenters. The molecular formula is C21H19N3O3S. The molecule has 0 saturated heterocycles. The van der Waals surface area contributed by atoms with Crippen LogP contribution in [-0.4, -0.2) is 34.7 Å². The maximum absolute atomic E-state index is 12.5. The van der Waals surface area contributed by atoms with Crippen LogP contribution in [0.15, 0.2) is 46.0 Å². The Labute approximate surface area is 167 Å². The average molecular weight is 393 g/mol. The standard InChI is InChI=1S/C21H19N3O3S/c1-12-4-5-15(8-13(12)2)20-22-23-21(27-20)28-11-18(25)14-6-7-17-16(9-14)10-19(26)24(17)3/h4-9H,10-11H2,1-3H3. The van der Waals surface area contributed by atoms with Crippen LogP contribution in [0.2, 0.25) is 0 Å². The normalized spacial score (nSPS) is 13.1. The smallest absolute Gasteiger partial charge is 0.277 e. The quantitative estimate of drug-likeness (QED) is 0.484. The van der Waals surface area contributed by atoms with Gasteiger partial charge in [-0.3, -0.25) is 9.59 Å². The van der Waals surface area contributed by atoms with Gasteiger partial charge in [-0.25, -0.2) is 0 Å². The minimum Gasteiger partial charge on any atom is -0.411 e. The second kappa shape index (κ2) is 7.24. The van der Waals surface area contributed by atoms with E-state index in [0.717, 1.165) is 22.4 Å². The molecule has 0 N–H and O–H groups in total. The molecule has 0 radical (unpaired) electrons. The number of likely N-dealkylation sites (N-methyl/N-ethyl adjacent to an activating group) is 1. The molecule has 0 fully saturated rings. The number of carbonyl (C=O) groups excluding carboxylic acids is 2. The zero-order chi connectivity index (χ0) is 19.8. The number of fused-ring (bicyclic) bond motifs is 1. The van der Waals surface area contributed by atoms with Crippen LogP contribution in [0.3, 0.4) is 0 Å². The van der Waals surface area contributed by atoms with Crippen molar-refractivity contribution in [1.29, 1.82) is 0 Å². The molecule has 0 aliphatic carbocycles. The number of carbonyl (C=O) groups is 2. The zero-order valence-corrected chi connectivity index (χ0v) is 16.7. The average Bonchev–Trinajstić information content (AvgIpc) is 3.27. The summed E-state index contributed by atoms with van der Waals surface area (Å²) in [6.45, 7) is 4.08. The van der Waals surface area contributed by atoms with E-state index < -0.39 is 0 Å². The Balaban J connectivity index is 1.43. The van der Waals surface area contributed by atoms with Gasteiger partial charge < -0.3 is 9.32 Å². The maximum Gasteiger partial charge on any atom is 0.277 e. The minimum atomic E-state index is -0.0410. The van der Waals surface area contributed by atoms with Crippen molar-refractivity contribution in [2.24, 2.45) is 0 Å². The first-order valence-corrected chi connectivity index (χ1v) is 9.87. The largest absolute Gasteiger partial charge is 0.411 e. The van der Waals surface area contributed by atoms with Crippen LogP contribution < -0.4 is 4.90 Å². The Hall–Kier alpha value is -2.93. The molecule has 1 aliphatic heterocycles. The van der Waals surface area contributed by atoms with E-state index in [-0.39, 0.29) is 17.4 Å². The highest BCUT2D eigenvalue weighted by Crippen LogP contribution is 2.29. The molecule has 142 valence electrons. The SMILES string of the molecule is Cc1ccc(-c2nnc(SCC(=O)c3ccc4c(c3)CC(=O)N4C)o2)cc1C. The number of hydrogen-bond donors (Lipinski definition) is 0. The summed E-state index contributed by atoms with van der Waals surface area (Å²) < 4.78 is 5.69. The van der Waals surface area contributed by atoms with Crippen LogP contribution in [0.1, 0.15) is 27.0 Å². The lowest BCUT2D eigenvalue weighted by Crippen LogP contribution is -2.20. The Kier molecular flexibility index (Phi) is 4.77. The molecule has 4 rings (SSSR count). The fourth-order valence-electron chi connectivity index (χ4n) is 3.11. The molecule has 2 heterocycles. The van der Waals surface area contributed by atoms with Gasteiger partial charge in [0.05, 0.1) is 12.2 Å². The Morgan fingerprint density at radius 3 is 2.75 bits per heavy atom. The van der Waals surface area contributed by atoms with Crippen molar-refractivity contribution < 1.29 is 14.0 Å². The van der Waals surface area contributed by atoms with Crippen LogP contribution in [0.4, 0.5) is 5.69 Å². The monoisotopic (exact) mass is 393 g/mol. The molecule has 0 saturated carbocycles. The van der Waals surface area contributed by atoms with Crippen molar-refractivity contribution in [3.05, 3.63) is 58.7 Å². The van der Waals surface area contributed by atoms with E-state index >= 15 is 0 Å². The van der Waals surface area contributed by atoms with E-state index in [2.05, 4.69) is 10.2 Å². The third-order valence-corrected chi connectivity index (χ3v) is 5.78. The first-order valence-electron chi connectivity index (χ1n) is 8.89. The van der Waals surface area contributed by atoms with Gasteiger partial charge in [0.2, 0.25) is 11.8 Å². The molecule has 1 aliphatic rings. The predicted molar refractivity (Wildman–Crippen MR) is 108 cm³/mol. The fraction of sp³-hybridized carbons (Fsp3) is 0.238. The number of aryl methyl sites for hydroxylation is 2. The summed E-state index contributed by atoms with van der Waals surface area (Å²) in [7, 11) is 1.74. The van der Waals surface area contributed by atoms with Gasteiger partial charge in [0, 0.05) is 23.9 Å². The molecule has 1 amide bonds. The molecule has 1 aromatic heterocycles. The Bertz CT molecular complexity index is 1090. The number of thioether (sulfide) groups is 1. The van der Waals surface area contributed by atoms with Gasteiger partial charge in [0.1, 0.15) is 0 Å². The number of Topliss-reactive ketones (excluding diaryl/α,β-unsaturated/α-hetero) is 1. The van der Waals surface area contributed by atoms with Gasteiger partial charge in [-0.05, 0) is 60.9 Å². The molecule has 7 heteroatoms. The number of aromatic nitrogens is 2. The second-order valence-corrected chi connectivity index (χ2v) is 7.78. The highest BCUT2D eigenvalue weighted by Gasteiger charge is 2.24. The van der Waals surface area contributed by atoms with Gasteiger partial charge in [-0.15, -0.1) is 10.2 Å². The Morgan fingerprint density at radius 2 is 1.96 bits per heavy atom.